The van der Waals surface area contributed by atoms with Crippen LogP contribution < -0.4 is 0 Å². The monoisotopic (exact) mass is 353 g/mol. The minimum absolute atomic E-state index is 0.0516. The van der Waals surface area contributed by atoms with E-state index in [0.29, 0.717) is 32.6 Å². The lowest BCUT2D eigenvalue weighted by Gasteiger charge is -2.41. The molecule has 0 bridgehead atoms. The van der Waals surface area contributed by atoms with Gasteiger partial charge in [-0.3, -0.25) is 19.3 Å². The van der Waals surface area contributed by atoms with Crippen LogP contribution in [-0.4, -0.2) is 56.0 Å². The van der Waals surface area contributed by atoms with Gasteiger partial charge in [-0.15, -0.1) is 0 Å². The van der Waals surface area contributed by atoms with Crippen molar-refractivity contribution in [3.8, 4) is 0 Å². The summed E-state index contributed by atoms with van der Waals surface area (Å²) in [5.74, 6) is -0.0881. The molecule has 0 spiro atoms. The zero-order valence-electron chi connectivity index (χ0n) is 15.1. The molecule has 136 valence electrons. The molecule has 2 fully saturated rings. The van der Waals surface area contributed by atoms with Crippen molar-refractivity contribution < 1.29 is 9.59 Å². The summed E-state index contributed by atoms with van der Waals surface area (Å²) in [4.78, 5) is 32.6. The molecule has 0 aromatic carbocycles. The van der Waals surface area contributed by atoms with E-state index in [0.717, 1.165) is 17.0 Å². The Morgan fingerprint density at radius 2 is 1.92 bits per heavy atom. The molecule has 0 radical (unpaired) electrons. The third-order valence-electron chi connectivity index (χ3n) is 5.25. The third-order valence-corrected chi connectivity index (χ3v) is 5.25. The molecule has 0 N–H and O–H groups in total. The zero-order chi connectivity index (χ0) is 18.3. The van der Waals surface area contributed by atoms with Crippen LogP contribution in [0.2, 0.25) is 0 Å². The molecule has 1 atom stereocenters. The van der Waals surface area contributed by atoms with E-state index in [9.17, 15) is 9.59 Å². The Morgan fingerprint density at radius 3 is 2.58 bits per heavy atom. The molecule has 4 rings (SSSR count). The number of carbonyl (C=O) groups excluding carboxylic acids is 2. The van der Waals surface area contributed by atoms with Gasteiger partial charge in [0.25, 0.3) is 0 Å². The molecule has 2 aliphatic heterocycles. The quantitative estimate of drug-likeness (QED) is 0.831. The molecule has 2 aromatic rings. The maximum Gasteiger partial charge on any atom is 0.228 e. The van der Waals surface area contributed by atoms with Crippen molar-refractivity contribution in [1.29, 1.82) is 0 Å². The van der Waals surface area contributed by atoms with E-state index in [1.54, 1.807) is 17.3 Å². The number of pyridine rings is 1. The maximum atomic E-state index is 12.7. The lowest BCUT2D eigenvalue weighted by atomic mass is 10.0. The summed E-state index contributed by atoms with van der Waals surface area (Å²) in [6.07, 6.45) is 3.75. The number of likely N-dealkylation sites (tertiary alicyclic amines) is 2. The Morgan fingerprint density at radius 1 is 1.19 bits per heavy atom. The van der Waals surface area contributed by atoms with Crippen LogP contribution in [0, 0.1) is 19.8 Å². The molecule has 0 unspecified atom stereocenters. The van der Waals surface area contributed by atoms with Gasteiger partial charge in [-0.25, -0.2) is 0 Å². The van der Waals surface area contributed by atoms with Gasteiger partial charge >= 0.3 is 0 Å². The van der Waals surface area contributed by atoms with Crippen molar-refractivity contribution in [2.24, 2.45) is 5.92 Å². The first kappa shape index (κ1) is 16.8. The van der Waals surface area contributed by atoms with Gasteiger partial charge < -0.3 is 9.80 Å². The molecule has 2 saturated heterocycles. The summed E-state index contributed by atoms with van der Waals surface area (Å²) in [7, 11) is 0. The fourth-order valence-electron chi connectivity index (χ4n) is 3.86. The first-order valence-corrected chi connectivity index (χ1v) is 8.99. The number of aryl methyl sites for hydroxylation is 2. The zero-order valence-corrected chi connectivity index (χ0v) is 15.1. The van der Waals surface area contributed by atoms with E-state index >= 15 is 0 Å². The molecule has 7 nitrogen and oxygen atoms in total. The summed E-state index contributed by atoms with van der Waals surface area (Å²) in [6, 6.07) is 6.10. The topological polar surface area (TPSA) is 71.3 Å². The van der Waals surface area contributed by atoms with Crippen LogP contribution in [0.1, 0.15) is 29.4 Å². The maximum absolute atomic E-state index is 12.7. The van der Waals surface area contributed by atoms with Gasteiger partial charge in [0, 0.05) is 50.7 Å². The number of aromatic nitrogens is 3. The molecule has 2 aromatic heterocycles. The largest absolute Gasteiger partial charge is 0.338 e. The lowest BCUT2D eigenvalue weighted by Crippen LogP contribution is -2.53. The molecule has 26 heavy (non-hydrogen) atoms. The minimum Gasteiger partial charge on any atom is -0.338 e. The Bertz CT molecular complexity index is 826. The van der Waals surface area contributed by atoms with Crippen LogP contribution in [0.5, 0.6) is 0 Å². The van der Waals surface area contributed by atoms with Crippen molar-refractivity contribution in [2.45, 2.75) is 32.9 Å². The highest BCUT2D eigenvalue weighted by atomic mass is 16.2. The van der Waals surface area contributed by atoms with Crippen molar-refractivity contribution in [3.63, 3.8) is 0 Å². The number of hydrogen-bond donors (Lipinski definition) is 0. The van der Waals surface area contributed by atoms with Gasteiger partial charge in [-0.2, -0.15) is 5.10 Å². The molecule has 7 heteroatoms. The summed E-state index contributed by atoms with van der Waals surface area (Å²) in [5, 5.41) is 4.51. The fourth-order valence-corrected chi connectivity index (χ4v) is 3.86. The Balaban J connectivity index is 1.33. The van der Waals surface area contributed by atoms with Crippen molar-refractivity contribution in [3.05, 3.63) is 47.5 Å². The van der Waals surface area contributed by atoms with Gasteiger partial charge in [0.05, 0.1) is 17.7 Å². The van der Waals surface area contributed by atoms with Crippen molar-refractivity contribution in [1.82, 2.24) is 24.6 Å². The lowest BCUT2D eigenvalue weighted by molar-refractivity contribution is -0.141. The van der Waals surface area contributed by atoms with Crippen LogP contribution in [0.3, 0.4) is 0 Å². The standard InChI is InChI=1S/C19H23N5O2/c1-13-7-14(2)24(21-13)17-11-23(12-17)19(26)16-8-18(25)22(10-16)9-15-3-5-20-6-4-15/h3-7,16-17H,8-12H2,1-2H3/t16-/m0/s1. The first-order chi connectivity index (χ1) is 12.5. The average molecular weight is 353 g/mol. The van der Waals surface area contributed by atoms with Crippen molar-refractivity contribution >= 4 is 11.8 Å². The second kappa shape index (κ2) is 6.55. The van der Waals surface area contributed by atoms with Gasteiger partial charge in [-0.1, -0.05) is 0 Å². The van der Waals surface area contributed by atoms with Gasteiger partial charge in [0.1, 0.15) is 0 Å². The smallest absolute Gasteiger partial charge is 0.228 e. The average Bonchev–Trinajstić information content (AvgIpc) is 3.09. The SMILES string of the molecule is Cc1cc(C)n(C2CN(C(=O)[C@H]3CC(=O)N(Cc4ccncc4)C3)C2)n1. The highest BCUT2D eigenvalue weighted by molar-refractivity contribution is 5.89. The molecule has 0 aliphatic carbocycles. The molecular formula is C19H23N5O2. The number of rotatable bonds is 4. The Labute approximate surface area is 152 Å². The molecule has 0 saturated carbocycles. The van der Waals surface area contributed by atoms with Crippen molar-refractivity contribution in [2.75, 3.05) is 19.6 Å². The van der Waals surface area contributed by atoms with E-state index in [1.165, 1.54) is 0 Å². The second-order valence-electron chi connectivity index (χ2n) is 7.30. The number of carbonyl (C=O) groups is 2. The van der Waals surface area contributed by atoms with E-state index in [4.69, 9.17) is 0 Å². The summed E-state index contributed by atoms with van der Waals surface area (Å²) in [5.41, 5.74) is 3.16. The van der Waals surface area contributed by atoms with Gasteiger partial charge in [-0.05, 0) is 37.6 Å². The number of hydrogen-bond acceptors (Lipinski definition) is 4. The van der Waals surface area contributed by atoms with Crippen LogP contribution in [0.4, 0.5) is 0 Å². The second-order valence-corrected chi connectivity index (χ2v) is 7.30. The van der Waals surface area contributed by atoms with E-state index in [1.807, 2.05) is 35.6 Å². The van der Waals surface area contributed by atoms with Gasteiger partial charge in [0.2, 0.25) is 11.8 Å². The highest BCUT2D eigenvalue weighted by Crippen LogP contribution is 2.28. The molecule has 2 amide bonds. The normalized spacial score (nSPS) is 20.5. The molecule has 4 heterocycles. The summed E-state index contributed by atoms with van der Waals surface area (Å²) in [6.45, 7) is 6.41. The van der Waals surface area contributed by atoms with Crippen LogP contribution in [0.15, 0.2) is 30.6 Å². The van der Waals surface area contributed by atoms with Crippen LogP contribution in [-0.2, 0) is 16.1 Å². The number of nitrogens with zero attached hydrogens (tertiary/aromatic N) is 5. The first-order valence-electron chi connectivity index (χ1n) is 8.99. The van der Waals surface area contributed by atoms with Crippen LogP contribution in [0.25, 0.3) is 0 Å². The molecule has 2 aliphatic rings. The predicted molar refractivity (Wildman–Crippen MR) is 95.1 cm³/mol. The summed E-state index contributed by atoms with van der Waals surface area (Å²) < 4.78 is 2.01. The van der Waals surface area contributed by atoms with E-state index in [2.05, 4.69) is 16.1 Å². The third kappa shape index (κ3) is 3.09. The Hall–Kier alpha value is -2.70. The summed E-state index contributed by atoms with van der Waals surface area (Å²) >= 11 is 0. The van der Waals surface area contributed by atoms with Gasteiger partial charge in [0.15, 0.2) is 0 Å². The highest BCUT2D eigenvalue weighted by Gasteiger charge is 2.41. The van der Waals surface area contributed by atoms with E-state index in [-0.39, 0.29) is 23.8 Å². The predicted octanol–water partition coefficient (Wildman–Crippen LogP) is 1.33. The Kier molecular flexibility index (Phi) is 4.22. The fraction of sp³-hybridized carbons (Fsp3) is 0.474. The van der Waals surface area contributed by atoms with Crippen LogP contribution >= 0.6 is 0 Å². The molecular weight excluding hydrogens is 330 g/mol. The van der Waals surface area contributed by atoms with E-state index < -0.39 is 0 Å². The minimum atomic E-state index is -0.231. The number of amides is 2.